The number of nitrogens with one attached hydrogen (secondary N) is 1. The van der Waals surface area contributed by atoms with Gasteiger partial charge in [-0.2, -0.15) is 0 Å². The number of nitrogens with zero attached hydrogens (tertiary/aromatic N) is 1. The molecule has 1 fully saturated rings. The van der Waals surface area contributed by atoms with Crippen LogP contribution in [-0.2, 0) is 4.74 Å². The Morgan fingerprint density at radius 1 is 1.56 bits per heavy atom. The van der Waals surface area contributed by atoms with Crippen LogP contribution in [0.4, 0.5) is 11.4 Å². The van der Waals surface area contributed by atoms with Gasteiger partial charge in [-0.3, -0.25) is 10.1 Å². The van der Waals surface area contributed by atoms with Crippen molar-refractivity contribution in [3.05, 3.63) is 33.9 Å². The van der Waals surface area contributed by atoms with Gasteiger partial charge in [-0.1, -0.05) is 0 Å². The Hall–Kier alpha value is -1.62. The Labute approximate surface area is 106 Å². The standard InChI is InChI=1S/C13H18N2O3/c1-9-8-11(4-5-12(9)15(16)17)14-13(3)6-7-18-10(13)2/h4-5,8,10,14H,6-7H2,1-3H3. The van der Waals surface area contributed by atoms with Gasteiger partial charge in [-0.15, -0.1) is 0 Å². The van der Waals surface area contributed by atoms with Gasteiger partial charge in [0.25, 0.3) is 5.69 Å². The number of benzene rings is 1. The van der Waals surface area contributed by atoms with Gasteiger partial charge < -0.3 is 10.1 Å². The second-order valence-electron chi connectivity index (χ2n) is 5.06. The summed E-state index contributed by atoms with van der Waals surface area (Å²) in [5.41, 5.74) is 1.61. The molecule has 0 aliphatic carbocycles. The fourth-order valence-electron chi connectivity index (χ4n) is 2.27. The van der Waals surface area contributed by atoms with Crippen LogP contribution in [-0.4, -0.2) is 23.2 Å². The lowest BCUT2D eigenvalue weighted by Crippen LogP contribution is -2.41. The summed E-state index contributed by atoms with van der Waals surface area (Å²) < 4.78 is 5.56. The Balaban J connectivity index is 2.20. The first-order valence-electron chi connectivity index (χ1n) is 6.07. The molecule has 0 spiro atoms. The summed E-state index contributed by atoms with van der Waals surface area (Å²) in [5.74, 6) is 0. The van der Waals surface area contributed by atoms with Crippen LogP contribution >= 0.6 is 0 Å². The van der Waals surface area contributed by atoms with E-state index >= 15 is 0 Å². The molecule has 0 bridgehead atoms. The lowest BCUT2D eigenvalue weighted by molar-refractivity contribution is -0.385. The minimum absolute atomic E-state index is 0.109. The number of anilines is 1. The average Bonchev–Trinajstić information content (AvgIpc) is 2.58. The first-order valence-corrected chi connectivity index (χ1v) is 6.07. The van der Waals surface area contributed by atoms with E-state index in [4.69, 9.17) is 4.74 Å². The third-order valence-electron chi connectivity index (χ3n) is 3.71. The molecule has 2 rings (SSSR count). The fourth-order valence-corrected chi connectivity index (χ4v) is 2.27. The molecular weight excluding hydrogens is 232 g/mol. The van der Waals surface area contributed by atoms with Gasteiger partial charge in [0.2, 0.25) is 0 Å². The number of nitro benzene ring substituents is 1. The summed E-state index contributed by atoms with van der Waals surface area (Å²) in [4.78, 5) is 10.4. The normalized spacial score (nSPS) is 27.2. The topological polar surface area (TPSA) is 64.4 Å². The van der Waals surface area contributed by atoms with E-state index in [2.05, 4.69) is 12.2 Å². The highest BCUT2D eigenvalue weighted by Gasteiger charge is 2.36. The highest BCUT2D eigenvalue weighted by molar-refractivity contribution is 5.55. The van der Waals surface area contributed by atoms with Gasteiger partial charge in [0, 0.05) is 23.9 Å². The Morgan fingerprint density at radius 2 is 2.28 bits per heavy atom. The molecule has 1 aromatic rings. The molecule has 1 saturated heterocycles. The second-order valence-corrected chi connectivity index (χ2v) is 5.06. The van der Waals surface area contributed by atoms with Crippen LogP contribution in [0.5, 0.6) is 0 Å². The molecule has 1 aliphatic rings. The van der Waals surface area contributed by atoms with Gasteiger partial charge in [0.05, 0.1) is 16.6 Å². The Kier molecular flexibility index (Phi) is 3.26. The van der Waals surface area contributed by atoms with E-state index in [0.29, 0.717) is 5.56 Å². The van der Waals surface area contributed by atoms with E-state index in [-0.39, 0.29) is 22.3 Å². The van der Waals surface area contributed by atoms with Crippen LogP contribution in [0.3, 0.4) is 0 Å². The summed E-state index contributed by atoms with van der Waals surface area (Å²) >= 11 is 0. The van der Waals surface area contributed by atoms with Gasteiger partial charge in [-0.05, 0) is 39.3 Å². The van der Waals surface area contributed by atoms with Crippen molar-refractivity contribution in [2.24, 2.45) is 0 Å². The SMILES string of the molecule is Cc1cc(NC2(C)CCOC2C)ccc1[N+](=O)[O-]. The summed E-state index contributed by atoms with van der Waals surface area (Å²) in [6.07, 6.45) is 1.07. The summed E-state index contributed by atoms with van der Waals surface area (Å²) in [5, 5.41) is 14.2. The zero-order valence-electron chi connectivity index (χ0n) is 10.9. The number of nitro groups is 1. The van der Waals surface area contributed by atoms with Crippen LogP contribution < -0.4 is 5.32 Å². The minimum atomic E-state index is -0.359. The predicted octanol–water partition coefficient (Wildman–Crippen LogP) is 2.88. The van der Waals surface area contributed by atoms with E-state index in [1.54, 1.807) is 19.1 Å². The molecule has 1 aliphatic heterocycles. The van der Waals surface area contributed by atoms with Gasteiger partial charge >= 0.3 is 0 Å². The number of hydrogen-bond donors (Lipinski definition) is 1. The first kappa shape index (κ1) is 12.8. The maximum atomic E-state index is 10.8. The molecule has 0 radical (unpaired) electrons. The maximum absolute atomic E-state index is 10.8. The molecule has 2 atom stereocenters. The van der Waals surface area contributed by atoms with Crippen molar-refractivity contribution in [2.75, 3.05) is 11.9 Å². The summed E-state index contributed by atoms with van der Waals surface area (Å²) in [6.45, 7) is 6.65. The van der Waals surface area contributed by atoms with Crippen molar-refractivity contribution in [3.8, 4) is 0 Å². The highest BCUT2D eigenvalue weighted by atomic mass is 16.6. The maximum Gasteiger partial charge on any atom is 0.272 e. The number of aryl methyl sites for hydroxylation is 1. The molecule has 5 nitrogen and oxygen atoms in total. The zero-order chi connectivity index (χ0) is 13.3. The van der Waals surface area contributed by atoms with Crippen molar-refractivity contribution in [1.82, 2.24) is 0 Å². The molecule has 1 N–H and O–H groups in total. The van der Waals surface area contributed by atoms with Crippen molar-refractivity contribution >= 4 is 11.4 Å². The third kappa shape index (κ3) is 2.31. The van der Waals surface area contributed by atoms with E-state index in [1.165, 1.54) is 0 Å². The average molecular weight is 250 g/mol. The molecule has 98 valence electrons. The van der Waals surface area contributed by atoms with E-state index in [1.807, 2.05) is 13.0 Å². The van der Waals surface area contributed by atoms with Crippen LogP contribution in [0.1, 0.15) is 25.8 Å². The van der Waals surface area contributed by atoms with E-state index in [9.17, 15) is 10.1 Å². The second kappa shape index (κ2) is 4.57. The molecule has 0 saturated carbocycles. The molecule has 1 aromatic carbocycles. The van der Waals surface area contributed by atoms with Crippen LogP contribution in [0.15, 0.2) is 18.2 Å². The fraction of sp³-hybridized carbons (Fsp3) is 0.538. The van der Waals surface area contributed by atoms with Crippen molar-refractivity contribution in [2.45, 2.75) is 38.8 Å². The Morgan fingerprint density at radius 3 is 2.78 bits per heavy atom. The van der Waals surface area contributed by atoms with Crippen LogP contribution in [0.2, 0.25) is 0 Å². The first-order chi connectivity index (χ1) is 8.42. The van der Waals surface area contributed by atoms with Gasteiger partial charge in [-0.25, -0.2) is 0 Å². The molecule has 18 heavy (non-hydrogen) atoms. The quantitative estimate of drug-likeness (QED) is 0.661. The Bertz CT molecular complexity index is 475. The lowest BCUT2D eigenvalue weighted by atomic mass is 9.94. The summed E-state index contributed by atoms with van der Waals surface area (Å²) in [6, 6.07) is 5.11. The number of hydrogen-bond acceptors (Lipinski definition) is 4. The molecule has 0 amide bonds. The van der Waals surface area contributed by atoms with Crippen molar-refractivity contribution in [1.29, 1.82) is 0 Å². The van der Waals surface area contributed by atoms with Crippen LogP contribution in [0.25, 0.3) is 0 Å². The van der Waals surface area contributed by atoms with Crippen molar-refractivity contribution < 1.29 is 9.66 Å². The van der Waals surface area contributed by atoms with E-state index in [0.717, 1.165) is 18.7 Å². The van der Waals surface area contributed by atoms with Crippen LogP contribution in [0, 0.1) is 17.0 Å². The molecule has 1 heterocycles. The number of rotatable bonds is 3. The minimum Gasteiger partial charge on any atom is -0.377 e. The molecule has 5 heteroatoms. The molecule has 2 unspecified atom stereocenters. The third-order valence-corrected chi connectivity index (χ3v) is 3.71. The molecule has 0 aromatic heterocycles. The van der Waals surface area contributed by atoms with Gasteiger partial charge in [0.1, 0.15) is 0 Å². The summed E-state index contributed by atoms with van der Waals surface area (Å²) in [7, 11) is 0. The van der Waals surface area contributed by atoms with E-state index < -0.39 is 0 Å². The molecular formula is C13H18N2O3. The largest absolute Gasteiger partial charge is 0.377 e. The highest BCUT2D eigenvalue weighted by Crippen LogP contribution is 2.31. The van der Waals surface area contributed by atoms with Crippen molar-refractivity contribution in [3.63, 3.8) is 0 Å². The zero-order valence-corrected chi connectivity index (χ0v) is 10.9. The monoisotopic (exact) mass is 250 g/mol. The van der Waals surface area contributed by atoms with Gasteiger partial charge in [0.15, 0.2) is 0 Å². The number of ether oxygens (including phenoxy) is 1. The smallest absolute Gasteiger partial charge is 0.272 e. The predicted molar refractivity (Wildman–Crippen MR) is 69.9 cm³/mol. The lowest BCUT2D eigenvalue weighted by Gasteiger charge is -2.30.